The first-order chi connectivity index (χ1) is 16.0. The third-order valence-electron chi connectivity index (χ3n) is 5.47. The minimum atomic E-state index is -0.419. The molecule has 0 atom stereocenters. The van der Waals surface area contributed by atoms with Crippen LogP contribution in [-0.2, 0) is 13.1 Å². The van der Waals surface area contributed by atoms with Crippen molar-refractivity contribution in [1.29, 1.82) is 0 Å². The van der Waals surface area contributed by atoms with Crippen LogP contribution in [0, 0.1) is 0 Å². The SMILES string of the molecule is C/C(=C\C(=O)c1cccn(Cc2ccccc2)c1=O)c1cccn(Cc2ccccc2)c1=O. The highest BCUT2D eigenvalue weighted by Crippen LogP contribution is 2.11. The lowest BCUT2D eigenvalue weighted by Crippen LogP contribution is -2.26. The van der Waals surface area contributed by atoms with Crippen LogP contribution in [-0.4, -0.2) is 14.9 Å². The van der Waals surface area contributed by atoms with Gasteiger partial charge in [0.05, 0.1) is 18.7 Å². The summed E-state index contributed by atoms with van der Waals surface area (Å²) in [6.07, 6.45) is 4.77. The van der Waals surface area contributed by atoms with Crippen molar-refractivity contribution < 1.29 is 4.79 Å². The van der Waals surface area contributed by atoms with Gasteiger partial charge >= 0.3 is 0 Å². The molecule has 0 spiro atoms. The molecule has 0 aliphatic heterocycles. The highest BCUT2D eigenvalue weighted by Gasteiger charge is 2.13. The van der Waals surface area contributed by atoms with E-state index in [1.54, 1.807) is 42.1 Å². The fourth-order valence-corrected chi connectivity index (χ4v) is 3.72. The zero-order chi connectivity index (χ0) is 23.2. The number of hydrogen-bond acceptors (Lipinski definition) is 3. The fourth-order valence-electron chi connectivity index (χ4n) is 3.72. The second-order valence-corrected chi connectivity index (χ2v) is 7.87. The molecule has 0 saturated carbocycles. The molecule has 0 radical (unpaired) electrons. The molecule has 4 rings (SSSR count). The molecule has 2 aromatic heterocycles. The molecular formula is C28H24N2O3. The first-order valence-corrected chi connectivity index (χ1v) is 10.7. The number of hydrogen-bond donors (Lipinski definition) is 0. The van der Waals surface area contributed by atoms with Crippen molar-refractivity contribution in [2.75, 3.05) is 0 Å². The van der Waals surface area contributed by atoms with Gasteiger partial charge < -0.3 is 9.13 Å². The number of carbonyl (C=O) groups excluding carboxylic acids is 1. The summed E-state index contributed by atoms with van der Waals surface area (Å²) >= 11 is 0. The summed E-state index contributed by atoms with van der Waals surface area (Å²) in [6, 6.07) is 26.0. The molecule has 0 unspecified atom stereocenters. The first kappa shape index (κ1) is 22.0. The summed E-state index contributed by atoms with van der Waals surface area (Å²) < 4.78 is 3.13. The maximum absolute atomic E-state index is 13.0. The Bertz CT molecular complexity index is 1410. The van der Waals surface area contributed by atoms with Crippen molar-refractivity contribution in [2.45, 2.75) is 20.0 Å². The van der Waals surface area contributed by atoms with E-state index >= 15 is 0 Å². The molecular weight excluding hydrogens is 412 g/mol. The molecule has 4 aromatic rings. The second kappa shape index (κ2) is 9.92. The number of aromatic nitrogens is 2. The Hall–Kier alpha value is -4.25. The largest absolute Gasteiger partial charge is 0.311 e. The Labute approximate surface area is 191 Å². The van der Waals surface area contributed by atoms with Crippen molar-refractivity contribution in [3.05, 3.63) is 146 Å². The van der Waals surface area contributed by atoms with E-state index in [9.17, 15) is 14.4 Å². The van der Waals surface area contributed by atoms with Crippen LogP contribution < -0.4 is 11.1 Å². The molecule has 33 heavy (non-hydrogen) atoms. The number of pyridine rings is 2. The Kier molecular flexibility index (Phi) is 6.60. The Morgan fingerprint density at radius 2 is 1.12 bits per heavy atom. The van der Waals surface area contributed by atoms with Gasteiger partial charge in [0.25, 0.3) is 11.1 Å². The van der Waals surface area contributed by atoms with Gasteiger partial charge in [-0.3, -0.25) is 14.4 Å². The van der Waals surface area contributed by atoms with E-state index in [-0.39, 0.29) is 16.7 Å². The van der Waals surface area contributed by atoms with E-state index in [0.717, 1.165) is 11.1 Å². The second-order valence-electron chi connectivity index (χ2n) is 7.87. The lowest BCUT2D eigenvalue weighted by molar-refractivity contribution is 0.104. The lowest BCUT2D eigenvalue weighted by Gasteiger charge is -2.09. The molecule has 0 N–H and O–H groups in total. The predicted octanol–water partition coefficient (Wildman–Crippen LogP) is 4.39. The molecule has 0 aliphatic carbocycles. The maximum Gasteiger partial charge on any atom is 0.262 e. The maximum atomic E-state index is 13.0. The average molecular weight is 437 g/mol. The summed E-state index contributed by atoms with van der Waals surface area (Å²) in [7, 11) is 0. The van der Waals surface area contributed by atoms with Crippen LogP contribution in [0.2, 0.25) is 0 Å². The minimum absolute atomic E-state index is 0.0772. The minimum Gasteiger partial charge on any atom is -0.311 e. The number of nitrogens with zero attached hydrogens (tertiary/aromatic N) is 2. The summed E-state index contributed by atoms with van der Waals surface area (Å²) in [6.45, 7) is 2.54. The third-order valence-corrected chi connectivity index (χ3v) is 5.47. The average Bonchev–Trinajstić information content (AvgIpc) is 2.83. The van der Waals surface area contributed by atoms with Crippen LogP contribution in [0.5, 0.6) is 0 Å². The molecule has 0 aliphatic rings. The fraction of sp³-hybridized carbons (Fsp3) is 0.107. The van der Waals surface area contributed by atoms with Gasteiger partial charge in [0.15, 0.2) is 5.78 Å². The van der Waals surface area contributed by atoms with Crippen LogP contribution in [0.15, 0.2) is 113 Å². The molecule has 5 nitrogen and oxygen atoms in total. The topological polar surface area (TPSA) is 61.1 Å². The Balaban J connectivity index is 1.60. The van der Waals surface area contributed by atoms with Gasteiger partial charge in [0, 0.05) is 18.0 Å². The number of ketones is 1. The Morgan fingerprint density at radius 1 is 0.667 bits per heavy atom. The first-order valence-electron chi connectivity index (χ1n) is 10.7. The van der Waals surface area contributed by atoms with Gasteiger partial charge in [-0.15, -0.1) is 0 Å². The normalized spacial score (nSPS) is 11.4. The van der Waals surface area contributed by atoms with E-state index in [1.165, 1.54) is 16.7 Å². The summed E-state index contributed by atoms with van der Waals surface area (Å²) in [4.78, 5) is 38.8. The van der Waals surface area contributed by atoms with Crippen LogP contribution in [0.4, 0.5) is 0 Å². The quantitative estimate of drug-likeness (QED) is 0.319. The van der Waals surface area contributed by atoms with Gasteiger partial charge in [0.2, 0.25) is 0 Å². The van der Waals surface area contributed by atoms with E-state index in [1.807, 2.05) is 60.7 Å². The van der Waals surface area contributed by atoms with Gasteiger partial charge in [-0.1, -0.05) is 60.7 Å². The van der Waals surface area contributed by atoms with E-state index < -0.39 is 5.78 Å². The molecule has 5 heteroatoms. The van der Waals surface area contributed by atoms with E-state index in [4.69, 9.17) is 0 Å². The molecule has 2 heterocycles. The molecule has 2 aromatic carbocycles. The molecule has 164 valence electrons. The van der Waals surface area contributed by atoms with Crippen LogP contribution in [0.3, 0.4) is 0 Å². The van der Waals surface area contributed by atoms with Crippen LogP contribution in [0.25, 0.3) is 5.57 Å². The number of carbonyl (C=O) groups is 1. The highest BCUT2D eigenvalue weighted by atomic mass is 16.1. The molecule has 0 bridgehead atoms. The predicted molar refractivity (Wildman–Crippen MR) is 130 cm³/mol. The van der Waals surface area contributed by atoms with Crippen molar-refractivity contribution in [3.63, 3.8) is 0 Å². The zero-order valence-electron chi connectivity index (χ0n) is 18.3. The molecule has 0 amide bonds. The van der Waals surface area contributed by atoms with E-state index in [2.05, 4.69) is 0 Å². The Morgan fingerprint density at radius 3 is 1.64 bits per heavy atom. The molecule has 0 fully saturated rings. The van der Waals surface area contributed by atoms with E-state index in [0.29, 0.717) is 24.2 Å². The third kappa shape index (κ3) is 5.15. The zero-order valence-corrected chi connectivity index (χ0v) is 18.3. The van der Waals surface area contributed by atoms with Crippen molar-refractivity contribution in [2.24, 2.45) is 0 Å². The summed E-state index contributed by atoms with van der Waals surface area (Å²) in [5, 5.41) is 0. The number of rotatable bonds is 7. The lowest BCUT2D eigenvalue weighted by atomic mass is 10.0. The van der Waals surface area contributed by atoms with Gasteiger partial charge in [-0.25, -0.2) is 0 Å². The van der Waals surface area contributed by atoms with Crippen molar-refractivity contribution >= 4 is 11.4 Å². The summed E-state index contributed by atoms with van der Waals surface area (Å²) in [5.74, 6) is -0.419. The van der Waals surface area contributed by atoms with Crippen molar-refractivity contribution in [1.82, 2.24) is 9.13 Å². The van der Waals surface area contributed by atoms with Gasteiger partial charge in [-0.05, 0) is 54.0 Å². The van der Waals surface area contributed by atoms with Gasteiger partial charge in [0.1, 0.15) is 0 Å². The monoisotopic (exact) mass is 436 g/mol. The van der Waals surface area contributed by atoms with Crippen LogP contribution >= 0.6 is 0 Å². The molecule has 0 saturated heterocycles. The number of benzene rings is 2. The van der Waals surface area contributed by atoms with Crippen molar-refractivity contribution in [3.8, 4) is 0 Å². The van der Waals surface area contributed by atoms with Gasteiger partial charge in [-0.2, -0.15) is 0 Å². The standard InChI is InChI=1S/C28H24N2O3/c1-21(24-14-8-16-29(27(24)32)19-22-10-4-2-5-11-22)18-26(31)25-15-9-17-30(28(25)33)20-23-12-6-3-7-13-23/h2-18H,19-20H2,1H3/b21-18+. The smallest absolute Gasteiger partial charge is 0.262 e. The highest BCUT2D eigenvalue weighted by molar-refractivity contribution is 6.08. The number of allylic oxidation sites excluding steroid dienone is 2. The van der Waals surface area contributed by atoms with Crippen LogP contribution in [0.1, 0.15) is 34.0 Å². The summed E-state index contributed by atoms with van der Waals surface area (Å²) in [5.41, 5.74) is 2.47.